The molecule has 0 aromatic carbocycles. The largest absolute Gasteiger partial charge is 0.385 e. The van der Waals surface area contributed by atoms with Gasteiger partial charge in [-0.05, 0) is 25.8 Å². The van der Waals surface area contributed by atoms with Crippen LogP contribution >= 0.6 is 0 Å². The van der Waals surface area contributed by atoms with Gasteiger partial charge in [0.05, 0.1) is 11.7 Å². The van der Waals surface area contributed by atoms with Crippen molar-refractivity contribution in [3.05, 3.63) is 17.5 Å². The molecular weight excluding hydrogens is 218 g/mol. The number of ether oxygens (including phenoxy) is 1. The Hall–Kier alpha value is -1.20. The molecule has 5 nitrogen and oxygen atoms in total. The van der Waals surface area contributed by atoms with Crippen LogP contribution in [0.5, 0.6) is 0 Å². The zero-order chi connectivity index (χ0) is 12.8. The molecule has 1 atom stereocenters. The van der Waals surface area contributed by atoms with Crippen molar-refractivity contribution in [1.29, 1.82) is 0 Å². The topological polar surface area (TPSA) is 70.1 Å². The van der Waals surface area contributed by atoms with E-state index in [0.29, 0.717) is 19.4 Å². The average molecular weight is 239 g/mol. The summed E-state index contributed by atoms with van der Waals surface area (Å²) < 4.78 is 6.66. The normalized spacial score (nSPS) is 12.7. The first-order chi connectivity index (χ1) is 8.04. The van der Waals surface area contributed by atoms with Crippen LogP contribution in [0.4, 0.5) is 0 Å². The summed E-state index contributed by atoms with van der Waals surface area (Å²) in [5.41, 5.74) is 7.66. The van der Waals surface area contributed by atoms with Crippen molar-refractivity contribution >= 4 is 5.78 Å². The van der Waals surface area contributed by atoms with Gasteiger partial charge in [0.25, 0.3) is 0 Å². The minimum absolute atomic E-state index is 0.0594. The van der Waals surface area contributed by atoms with E-state index in [1.807, 2.05) is 20.0 Å². The highest BCUT2D eigenvalue weighted by Crippen LogP contribution is 2.06. The second-order valence-electron chi connectivity index (χ2n) is 4.29. The number of hydrogen-bond acceptors (Lipinski definition) is 4. The second-order valence-corrected chi connectivity index (χ2v) is 4.29. The molecule has 5 heteroatoms. The number of carbonyl (C=O) groups is 1. The average Bonchev–Trinajstić information content (AvgIpc) is 2.57. The van der Waals surface area contributed by atoms with Crippen LogP contribution in [-0.2, 0) is 23.0 Å². The molecular formula is C12H21N3O2. The molecule has 0 saturated heterocycles. The van der Waals surface area contributed by atoms with Gasteiger partial charge < -0.3 is 10.5 Å². The van der Waals surface area contributed by atoms with E-state index in [9.17, 15) is 4.79 Å². The Morgan fingerprint density at radius 1 is 1.65 bits per heavy atom. The lowest BCUT2D eigenvalue weighted by Gasteiger charge is -2.10. The van der Waals surface area contributed by atoms with Gasteiger partial charge in [0.15, 0.2) is 5.78 Å². The van der Waals surface area contributed by atoms with Crippen LogP contribution < -0.4 is 5.73 Å². The first-order valence-electron chi connectivity index (χ1n) is 5.81. The number of rotatable bonds is 7. The van der Waals surface area contributed by atoms with E-state index in [1.54, 1.807) is 11.8 Å². The lowest BCUT2D eigenvalue weighted by molar-refractivity contribution is -0.119. The molecule has 1 heterocycles. The summed E-state index contributed by atoms with van der Waals surface area (Å²) >= 11 is 0. The van der Waals surface area contributed by atoms with E-state index in [2.05, 4.69) is 5.10 Å². The van der Waals surface area contributed by atoms with Gasteiger partial charge in [-0.15, -0.1) is 0 Å². The zero-order valence-corrected chi connectivity index (χ0v) is 10.8. The third kappa shape index (κ3) is 4.28. The molecule has 2 N–H and O–H groups in total. The Morgan fingerprint density at radius 2 is 2.35 bits per heavy atom. The molecule has 96 valence electrons. The van der Waals surface area contributed by atoms with Crippen molar-refractivity contribution < 1.29 is 9.53 Å². The lowest BCUT2D eigenvalue weighted by Crippen LogP contribution is -2.32. The maximum absolute atomic E-state index is 11.9. The maximum atomic E-state index is 11.9. The number of carbonyl (C=O) groups excluding carboxylic acids is 1. The standard InChI is InChI=1S/C12H21N3O2/c1-9-7-10(15(2)14-9)8-12(16)11(13)5-4-6-17-3/h7,11H,4-6,8,13H2,1-3H3. The molecule has 0 amide bonds. The Bertz CT molecular complexity index is 374. The number of aromatic nitrogens is 2. The zero-order valence-electron chi connectivity index (χ0n) is 10.8. The minimum Gasteiger partial charge on any atom is -0.385 e. The fourth-order valence-corrected chi connectivity index (χ4v) is 1.75. The van der Waals surface area contributed by atoms with Crippen molar-refractivity contribution in [3.63, 3.8) is 0 Å². The monoisotopic (exact) mass is 239 g/mol. The van der Waals surface area contributed by atoms with Crippen LogP contribution in [0.25, 0.3) is 0 Å². The quantitative estimate of drug-likeness (QED) is 0.707. The molecule has 0 fully saturated rings. The van der Waals surface area contributed by atoms with Gasteiger partial charge in [0.1, 0.15) is 0 Å². The molecule has 1 unspecified atom stereocenters. The first kappa shape index (κ1) is 13.9. The number of Topliss-reactive ketones (excluding diaryl/α,β-unsaturated/α-hetero) is 1. The number of nitrogens with zero attached hydrogens (tertiary/aromatic N) is 2. The van der Waals surface area contributed by atoms with Crippen molar-refractivity contribution in [2.24, 2.45) is 12.8 Å². The maximum Gasteiger partial charge on any atom is 0.155 e. The summed E-state index contributed by atoms with van der Waals surface area (Å²) in [6.07, 6.45) is 1.84. The SMILES string of the molecule is COCCCC(N)C(=O)Cc1cc(C)nn1C. The predicted molar refractivity (Wildman–Crippen MR) is 65.7 cm³/mol. The summed E-state index contributed by atoms with van der Waals surface area (Å²) in [4.78, 5) is 11.9. The third-order valence-corrected chi connectivity index (χ3v) is 2.73. The van der Waals surface area contributed by atoms with Gasteiger partial charge >= 0.3 is 0 Å². The van der Waals surface area contributed by atoms with E-state index < -0.39 is 6.04 Å². The molecule has 0 spiro atoms. The number of ketones is 1. The summed E-state index contributed by atoms with van der Waals surface area (Å²) in [5, 5.41) is 4.20. The lowest BCUT2D eigenvalue weighted by atomic mass is 10.0. The van der Waals surface area contributed by atoms with E-state index in [0.717, 1.165) is 17.8 Å². The molecule has 0 aliphatic carbocycles. The summed E-state index contributed by atoms with van der Waals surface area (Å²) in [6, 6.07) is 1.51. The fraction of sp³-hybridized carbons (Fsp3) is 0.667. The molecule has 17 heavy (non-hydrogen) atoms. The molecule has 1 aromatic rings. The van der Waals surface area contributed by atoms with Gasteiger partial charge in [-0.3, -0.25) is 9.48 Å². The molecule has 0 aliphatic heterocycles. The van der Waals surface area contributed by atoms with Crippen LogP contribution in [0, 0.1) is 6.92 Å². The Balaban J connectivity index is 2.45. The molecule has 0 bridgehead atoms. The van der Waals surface area contributed by atoms with Crippen molar-refractivity contribution in [2.45, 2.75) is 32.2 Å². The smallest absolute Gasteiger partial charge is 0.155 e. The number of hydrogen-bond donors (Lipinski definition) is 1. The summed E-state index contributed by atoms with van der Waals surface area (Å²) in [7, 11) is 3.48. The van der Waals surface area contributed by atoms with Crippen molar-refractivity contribution in [1.82, 2.24) is 9.78 Å². The van der Waals surface area contributed by atoms with E-state index in [1.165, 1.54) is 0 Å². The van der Waals surface area contributed by atoms with Crippen LogP contribution in [0.3, 0.4) is 0 Å². The van der Waals surface area contributed by atoms with Crippen molar-refractivity contribution in [2.75, 3.05) is 13.7 Å². The second kappa shape index (κ2) is 6.51. The minimum atomic E-state index is -0.402. The van der Waals surface area contributed by atoms with Crippen molar-refractivity contribution in [3.8, 4) is 0 Å². The highest BCUT2D eigenvalue weighted by Gasteiger charge is 2.15. The van der Waals surface area contributed by atoms with Gasteiger partial charge in [-0.1, -0.05) is 0 Å². The van der Waals surface area contributed by atoms with Crippen LogP contribution in [0.15, 0.2) is 6.07 Å². The summed E-state index contributed by atoms with van der Waals surface area (Å²) in [6.45, 7) is 2.55. The fourth-order valence-electron chi connectivity index (χ4n) is 1.75. The molecule has 0 aliphatic rings. The Kier molecular flexibility index (Phi) is 5.31. The van der Waals surface area contributed by atoms with E-state index >= 15 is 0 Å². The molecule has 0 saturated carbocycles. The molecule has 0 radical (unpaired) electrons. The van der Waals surface area contributed by atoms with Gasteiger partial charge in [-0.2, -0.15) is 5.10 Å². The van der Waals surface area contributed by atoms with Gasteiger partial charge in [0, 0.05) is 32.9 Å². The Labute approximate surface area is 102 Å². The number of aryl methyl sites for hydroxylation is 2. The molecule has 1 aromatic heterocycles. The third-order valence-electron chi connectivity index (χ3n) is 2.73. The highest BCUT2D eigenvalue weighted by atomic mass is 16.5. The first-order valence-corrected chi connectivity index (χ1v) is 5.81. The van der Waals surface area contributed by atoms with Crippen LogP contribution in [0.2, 0.25) is 0 Å². The number of methoxy groups -OCH3 is 1. The highest BCUT2D eigenvalue weighted by molar-refractivity contribution is 5.85. The predicted octanol–water partition coefficient (Wildman–Crippen LogP) is 0.594. The van der Waals surface area contributed by atoms with Crippen LogP contribution in [-0.4, -0.2) is 35.3 Å². The van der Waals surface area contributed by atoms with Crippen LogP contribution in [0.1, 0.15) is 24.2 Å². The Morgan fingerprint density at radius 3 is 2.88 bits per heavy atom. The van der Waals surface area contributed by atoms with Gasteiger partial charge in [-0.25, -0.2) is 0 Å². The molecule has 1 rings (SSSR count). The van der Waals surface area contributed by atoms with E-state index in [4.69, 9.17) is 10.5 Å². The van der Waals surface area contributed by atoms with Gasteiger partial charge in [0.2, 0.25) is 0 Å². The summed E-state index contributed by atoms with van der Waals surface area (Å²) in [5.74, 6) is 0.0594. The number of nitrogens with two attached hydrogens (primary N) is 1. The van der Waals surface area contributed by atoms with E-state index in [-0.39, 0.29) is 5.78 Å².